The molecule has 0 aliphatic heterocycles. The van der Waals surface area contributed by atoms with Gasteiger partial charge in [0.15, 0.2) is 0 Å². The minimum absolute atomic E-state index is 0.0367. The van der Waals surface area contributed by atoms with Gasteiger partial charge in [0.25, 0.3) is 0 Å². The van der Waals surface area contributed by atoms with Gasteiger partial charge < -0.3 is 14.4 Å². The molecule has 0 aliphatic carbocycles. The summed E-state index contributed by atoms with van der Waals surface area (Å²) < 4.78 is 19.8. The second-order valence-electron chi connectivity index (χ2n) is 6.45. The van der Waals surface area contributed by atoms with Crippen molar-refractivity contribution >= 4 is 16.7 Å². The fourth-order valence-electron chi connectivity index (χ4n) is 3.00. The van der Waals surface area contributed by atoms with E-state index in [4.69, 9.17) is 4.42 Å². The number of phenols is 1. The third-order valence-corrected chi connectivity index (χ3v) is 4.20. The molecule has 2 aromatic carbocycles. The molecule has 7 nitrogen and oxygen atoms in total. The summed E-state index contributed by atoms with van der Waals surface area (Å²) in [6.45, 7) is 0.374. The van der Waals surface area contributed by atoms with Gasteiger partial charge in [-0.05, 0) is 37.4 Å². The van der Waals surface area contributed by atoms with Crippen molar-refractivity contribution in [2.45, 2.75) is 13.0 Å². The van der Waals surface area contributed by atoms with Crippen molar-refractivity contribution in [1.29, 1.82) is 0 Å². The van der Waals surface area contributed by atoms with Crippen molar-refractivity contribution in [1.82, 2.24) is 4.90 Å². The summed E-state index contributed by atoms with van der Waals surface area (Å²) in [6.07, 6.45) is -0.143. The predicted octanol–water partition coefficient (Wildman–Crippen LogP) is 3.20. The number of nitro groups is 1. The normalized spacial score (nSPS) is 11.3. The van der Waals surface area contributed by atoms with E-state index < -0.39 is 22.1 Å². The topological polar surface area (TPSA) is 96.8 Å². The van der Waals surface area contributed by atoms with E-state index in [0.29, 0.717) is 17.5 Å². The van der Waals surface area contributed by atoms with Crippen LogP contribution in [0.4, 0.5) is 10.1 Å². The summed E-state index contributed by atoms with van der Waals surface area (Å²) in [5.41, 5.74) is -0.208. The third kappa shape index (κ3) is 3.65. The van der Waals surface area contributed by atoms with Crippen LogP contribution in [0.5, 0.6) is 5.75 Å². The molecule has 0 radical (unpaired) electrons. The van der Waals surface area contributed by atoms with E-state index in [2.05, 4.69) is 0 Å². The van der Waals surface area contributed by atoms with Crippen LogP contribution in [0.25, 0.3) is 11.0 Å². The van der Waals surface area contributed by atoms with Gasteiger partial charge in [0, 0.05) is 36.0 Å². The fraction of sp³-hybridized carbons (Fsp3) is 0.211. The molecular weight excluding hydrogens is 355 g/mol. The highest BCUT2D eigenvalue weighted by molar-refractivity contribution is 5.82. The first-order chi connectivity index (χ1) is 12.8. The first-order valence-corrected chi connectivity index (χ1v) is 8.12. The number of fused-ring (bicyclic) bond motifs is 1. The Balaban J connectivity index is 2.21. The largest absolute Gasteiger partial charge is 0.508 e. The van der Waals surface area contributed by atoms with Crippen LogP contribution in [-0.2, 0) is 13.0 Å². The van der Waals surface area contributed by atoms with Crippen molar-refractivity contribution in [2.75, 3.05) is 14.1 Å². The molecule has 1 N–H and O–H groups in total. The number of hydrogen-bond acceptors (Lipinski definition) is 6. The summed E-state index contributed by atoms with van der Waals surface area (Å²) in [5.74, 6) is -1.01. The smallest absolute Gasteiger partial charge is 0.340 e. The standard InChI is InChI=1S/C19H17FN2O5/c1-21(2)10-15-13-7-6-12(23)9-17(13)27-19(24)14(15)8-11-4-3-5-16(18(11)20)22(25)26/h3-7,9,23H,8,10H2,1-2H3. The van der Waals surface area contributed by atoms with Gasteiger partial charge in [-0.1, -0.05) is 12.1 Å². The zero-order valence-electron chi connectivity index (χ0n) is 14.7. The molecule has 0 saturated carbocycles. The van der Waals surface area contributed by atoms with Gasteiger partial charge in [-0.3, -0.25) is 10.1 Å². The van der Waals surface area contributed by atoms with Gasteiger partial charge in [0.2, 0.25) is 5.82 Å². The fourth-order valence-corrected chi connectivity index (χ4v) is 3.00. The molecule has 8 heteroatoms. The molecular formula is C19H17FN2O5. The lowest BCUT2D eigenvalue weighted by Gasteiger charge is -2.16. The van der Waals surface area contributed by atoms with Crippen molar-refractivity contribution < 1.29 is 18.8 Å². The number of hydrogen-bond donors (Lipinski definition) is 1. The summed E-state index contributed by atoms with van der Waals surface area (Å²) in [5, 5.41) is 21.2. The molecule has 0 bridgehead atoms. The lowest BCUT2D eigenvalue weighted by molar-refractivity contribution is -0.387. The van der Waals surface area contributed by atoms with E-state index in [9.17, 15) is 24.4 Å². The van der Waals surface area contributed by atoms with Crippen molar-refractivity contribution in [2.24, 2.45) is 0 Å². The van der Waals surface area contributed by atoms with Gasteiger partial charge in [0.05, 0.1) is 4.92 Å². The van der Waals surface area contributed by atoms with E-state index in [-0.39, 0.29) is 28.9 Å². The first-order valence-electron chi connectivity index (χ1n) is 8.12. The number of nitrogens with zero attached hydrogens (tertiary/aromatic N) is 2. The average Bonchev–Trinajstić information content (AvgIpc) is 2.58. The molecule has 0 spiro atoms. The molecule has 1 heterocycles. The SMILES string of the molecule is CN(C)Cc1c(Cc2cccc([N+](=O)[O-])c2F)c(=O)oc2cc(O)ccc12. The molecule has 140 valence electrons. The van der Waals surface area contributed by atoms with Gasteiger partial charge in [-0.15, -0.1) is 0 Å². The lowest BCUT2D eigenvalue weighted by atomic mass is 9.97. The summed E-state index contributed by atoms with van der Waals surface area (Å²) in [6, 6.07) is 8.29. The van der Waals surface area contributed by atoms with Crippen LogP contribution < -0.4 is 5.63 Å². The van der Waals surface area contributed by atoms with Crippen molar-refractivity contribution in [3.8, 4) is 5.75 Å². The van der Waals surface area contributed by atoms with E-state index in [1.165, 1.54) is 24.3 Å². The monoisotopic (exact) mass is 372 g/mol. The van der Waals surface area contributed by atoms with Crippen LogP contribution in [0.1, 0.15) is 16.7 Å². The maximum absolute atomic E-state index is 14.5. The Kier molecular flexibility index (Phi) is 4.91. The maximum Gasteiger partial charge on any atom is 0.340 e. The molecule has 1 aromatic heterocycles. The average molecular weight is 372 g/mol. The van der Waals surface area contributed by atoms with Crippen molar-refractivity contribution in [3.05, 3.63) is 79.4 Å². The van der Waals surface area contributed by atoms with Crippen LogP contribution >= 0.6 is 0 Å². The van der Waals surface area contributed by atoms with Crippen molar-refractivity contribution in [3.63, 3.8) is 0 Å². The van der Waals surface area contributed by atoms with Gasteiger partial charge >= 0.3 is 11.3 Å². The Bertz CT molecular complexity index is 1090. The number of aromatic hydroxyl groups is 1. The molecule has 27 heavy (non-hydrogen) atoms. The highest BCUT2D eigenvalue weighted by atomic mass is 19.1. The Hall–Kier alpha value is -3.26. The highest BCUT2D eigenvalue weighted by Crippen LogP contribution is 2.28. The first kappa shape index (κ1) is 18.5. The minimum Gasteiger partial charge on any atom is -0.508 e. The minimum atomic E-state index is -0.969. The van der Waals surface area contributed by atoms with E-state index >= 15 is 0 Å². The zero-order valence-corrected chi connectivity index (χ0v) is 14.7. The molecule has 0 unspecified atom stereocenters. The van der Waals surface area contributed by atoms with Gasteiger partial charge in [-0.2, -0.15) is 4.39 Å². The molecule has 3 aromatic rings. The molecule has 0 fully saturated rings. The quantitative estimate of drug-likeness (QED) is 0.420. The van der Waals surface area contributed by atoms with Crippen LogP contribution in [0.3, 0.4) is 0 Å². The summed E-state index contributed by atoms with van der Waals surface area (Å²) in [7, 11) is 3.64. The second kappa shape index (κ2) is 7.16. The Morgan fingerprint density at radius 3 is 2.63 bits per heavy atom. The van der Waals surface area contributed by atoms with Gasteiger partial charge in [0.1, 0.15) is 11.3 Å². The Labute approximate surface area is 153 Å². The van der Waals surface area contributed by atoms with Crippen LogP contribution in [0.15, 0.2) is 45.6 Å². The van der Waals surface area contributed by atoms with Crippen LogP contribution in [-0.4, -0.2) is 29.0 Å². The van der Waals surface area contributed by atoms with E-state index in [1.807, 2.05) is 19.0 Å². The number of rotatable bonds is 5. The molecule has 0 atom stereocenters. The van der Waals surface area contributed by atoms with Crippen LogP contribution in [0.2, 0.25) is 0 Å². The molecule has 0 saturated heterocycles. The molecule has 0 aliphatic rings. The van der Waals surface area contributed by atoms with Crippen LogP contribution in [0, 0.1) is 15.9 Å². The molecule has 0 amide bonds. The number of phenolic OH excluding ortho intramolecular Hbond substituents is 1. The third-order valence-electron chi connectivity index (χ3n) is 4.20. The highest BCUT2D eigenvalue weighted by Gasteiger charge is 2.21. The van der Waals surface area contributed by atoms with E-state index in [1.54, 1.807) is 6.07 Å². The molecule has 3 rings (SSSR count). The predicted molar refractivity (Wildman–Crippen MR) is 97.4 cm³/mol. The summed E-state index contributed by atoms with van der Waals surface area (Å²) >= 11 is 0. The number of halogens is 1. The Morgan fingerprint density at radius 2 is 1.96 bits per heavy atom. The summed E-state index contributed by atoms with van der Waals surface area (Å²) in [4.78, 5) is 24.6. The number of nitro benzene ring substituents is 1. The maximum atomic E-state index is 14.5. The van der Waals surface area contributed by atoms with Gasteiger partial charge in [-0.25, -0.2) is 4.79 Å². The number of benzene rings is 2. The van der Waals surface area contributed by atoms with E-state index in [0.717, 1.165) is 6.07 Å². The lowest BCUT2D eigenvalue weighted by Crippen LogP contribution is -2.19. The second-order valence-corrected chi connectivity index (χ2v) is 6.45. The zero-order chi connectivity index (χ0) is 19.7. The Morgan fingerprint density at radius 1 is 1.22 bits per heavy atom.